The van der Waals surface area contributed by atoms with E-state index in [0.29, 0.717) is 12.1 Å². The summed E-state index contributed by atoms with van der Waals surface area (Å²) in [5.74, 6) is -7.53. The lowest BCUT2D eigenvalue weighted by molar-refractivity contribution is -0.0329. The number of fused-ring (bicyclic) bond motifs is 2. The van der Waals surface area contributed by atoms with Crippen molar-refractivity contribution in [1.29, 1.82) is 0 Å². The van der Waals surface area contributed by atoms with Crippen LogP contribution >= 0.6 is 0 Å². The minimum absolute atomic E-state index is 0.109. The van der Waals surface area contributed by atoms with Gasteiger partial charge in [0.15, 0.2) is 11.4 Å². The fraction of sp³-hybridized carbons (Fsp3) is 0.409. The third-order valence-electron chi connectivity index (χ3n) is 6.37. The van der Waals surface area contributed by atoms with Crippen LogP contribution in [0.3, 0.4) is 0 Å². The van der Waals surface area contributed by atoms with Gasteiger partial charge in [0.05, 0.1) is 12.6 Å². The van der Waals surface area contributed by atoms with Crippen molar-refractivity contribution in [2.24, 2.45) is 5.92 Å². The van der Waals surface area contributed by atoms with Gasteiger partial charge in [-0.3, -0.25) is 14.4 Å². The van der Waals surface area contributed by atoms with E-state index in [4.69, 9.17) is 0 Å². The molecule has 7 nitrogen and oxygen atoms in total. The van der Waals surface area contributed by atoms with Crippen LogP contribution < -0.4 is 10.7 Å². The molecule has 0 bridgehead atoms. The third kappa shape index (κ3) is 3.80. The Morgan fingerprint density at radius 2 is 1.79 bits per heavy atom. The van der Waals surface area contributed by atoms with E-state index in [1.165, 1.54) is 0 Å². The molecule has 4 atom stereocenters. The first-order valence-electron chi connectivity index (χ1n) is 10.5. The molecule has 1 aromatic carbocycles. The number of aromatic nitrogens is 1. The smallest absolute Gasteiger partial charge is 0.274 e. The lowest BCUT2D eigenvalue weighted by Crippen LogP contribution is -2.61. The molecule has 12 heteroatoms. The number of aromatic hydroxyl groups is 1. The number of nitrogens with one attached hydrogen (secondary N) is 1. The van der Waals surface area contributed by atoms with Crippen molar-refractivity contribution in [2.75, 3.05) is 6.54 Å². The average molecular weight is 485 g/mol. The van der Waals surface area contributed by atoms with Gasteiger partial charge in [-0.05, 0) is 6.42 Å². The van der Waals surface area contributed by atoms with Gasteiger partial charge in [-0.15, -0.1) is 0 Å². The summed E-state index contributed by atoms with van der Waals surface area (Å²) in [6.45, 7) is 0.268. The lowest BCUT2D eigenvalue weighted by atomic mass is 9.83. The summed E-state index contributed by atoms with van der Waals surface area (Å²) in [4.78, 5) is 39.2. The molecular weight excluding hydrogens is 465 g/mol. The van der Waals surface area contributed by atoms with Crippen molar-refractivity contribution >= 4 is 11.8 Å². The number of halogens is 5. The van der Waals surface area contributed by atoms with E-state index >= 15 is 0 Å². The van der Waals surface area contributed by atoms with Gasteiger partial charge in [0.25, 0.3) is 11.8 Å². The van der Waals surface area contributed by atoms with Crippen LogP contribution in [0.15, 0.2) is 23.1 Å². The SMILES string of the molecule is CC[C@H]1C(F)C(F)CN2C(=O)c3c(O)c(=O)c(C(=O)NCc4c(F)cc(F)cc4F)cn3C[C@@H]12. The molecule has 2 N–H and O–H groups in total. The molecule has 2 aromatic rings. The molecule has 3 heterocycles. The molecule has 1 saturated heterocycles. The zero-order valence-corrected chi connectivity index (χ0v) is 17.8. The molecule has 1 aromatic heterocycles. The molecule has 0 aliphatic carbocycles. The number of carbonyl (C=O) groups is 2. The Balaban J connectivity index is 1.66. The van der Waals surface area contributed by atoms with E-state index in [9.17, 15) is 41.4 Å². The number of hydrogen-bond donors (Lipinski definition) is 2. The molecule has 2 amide bonds. The molecule has 34 heavy (non-hydrogen) atoms. The number of amides is 2. The number of alkyl halides is 2. The molecule has 182 valence electrons. The Hall–Kier alpha value is -3.44. The first-order valence-corrected chi connectivity index (χ1v) is 10.5. The van der Waals surface area contributed by atoms with Gasteiger partial charge >= 0.3 is 0 Å². The van der Waals surface area contributed by atoms with E-state index in [2.05, 4.69) is 5.32 Å². The monoisotopic (exact) mass is 485 g/mol. The number of benzene rings is 1. The van der Waals surface area contributed by atoms with Gasteiger partial charge in [0.2, 0.25) is 5.43 Å². The lowest BCUT2D eigenvalue weighted by Gasteiger charge is -2.47. The first kappa shape index (κ1) is 23.7. The zero-order chi connectivity index (χ0) is 24.9. The minimum Gasteiger partial charge on any atom is -0.503 e. The molecule has 0 radical (unpaired) electrons. The molecule has 1 fully saturated rings. The highest BCUT2D eigenvalue weighted by Gasteiger charge is 2.48. The molecular formula is C22H20F5N3O4. The number of pyridine rings is 1. The van der Waals surface area contributed by atoms with Gasteiger partial charge in [-0.2, -0.15) is 0 Å². The Morgan fingerprint density at radius 1 is 1.15 bits per heavy atom. The molecule has 0 saturated carbocycles. The quantitative estimate of drug-likeness (QED) is 0.651. The topological polar surface area (TPSA) is 91.6 Å². The minimum atomic E-state index is -1.91. The molecule has 0 spiro atoms. The first-order chi connectivity index (χ1) is 16.0. The van der Waals surface area contributed by atoms with Gasteiger partial charge in [-0.1, -0.05) is 6.92 Å². The largest absolute Gasteiger partial charge is 0.503 e. The summed E-state index contributed by atoms with van der Waals surface area (Å²) in [5, 5.41) is 12.5. The fourth-order valence-electron chi connectivity index (χ4n) is 4.62. The maximum absolute atomic E-state index is 14.4. The fourth-order valence-corrected chi connectivity index (χ4v) is 4.62. The van der Waals surface area contributed by atoms with E-state index in [-0.39, 0.29) is 13.0 Å². The van der Waals surface area contributed by atoms with Crippen molar-refractivity contribution in [3.05, 3.63) is 62.8 Å². The highest BCUT2D eigenvalue weighted by atomic mass is 19.2. The number of hydrogen-bond acceptors (Lipinski definition) is 4. The van der Waals surface area contributed by atoms with Crippen LogP contribution in [0.2, 0.25) is 0 Å². The summed E-state index contributed by atoms with van der Waals surface area (Å²) in [6.07, 6.45) is -2.51. The van der Waals surface area contributed by atoms with E-state index in [1.54, 1.807) is 6.92 Å². The maximum atomic E-state index is 14.4. The molecule has 2 unspecified atom stereocenters. The second kappa shape index (κ2) is 8.73. The van der Waals surface area contributed by atoms with Crippen molar-refractivity contribution < 1.29 is 36.6 Å². The van der Waals surface area contributed by atoms with Crippen LogP contribution in [0.4, 0.5) is 22.0 Å². The maximum Gasteiger partial charge on any atom is 0.274 e. The van der Waals surface area contributed by atoms with Gasteiger partial charge in [-0.25, -0.2) is 22.0 Å². The van der Waals surface area contributed by atoms with Gasteiger partial charge < -0.3 is 19.9 Å². The van der Waals surface area contributed by atoms with E-state index < -0.39 is 94.7 Å². The summed E-state index contributed by atoms with van der Waals surface area (Å²) >= 11 is 0. The summed E-state index contributed by atoms with van der Waals surface area (Å²) in [7, 11) is 0. The van der Waals surface area contributed by atoms with Crippen molar-refractivity contribution in [2.45, 2.75) is 44.8 Å². The third-order valence-corrected chi connectivity index (χ3v) is 6.37. The number of piperidine rings is 1. The van der Waals surface area contributed by atoms with Crippen LogP contribution in [0.1, 0.15) is 39.8 Å². The zero-order valence-electron chi connectivity index (χ0n) is 17.8. The number of nitrogens with zero attached hydrogens (tertiary/aromatic N) is 2. The second-order valence-electron chi connectivity index (χ2n) is 8.31. The van der Waals surface area contributed by atoms with Gasteiger partial charge in [0, 0.05) is 42.9 Å². The van der Waals surface area contributed by atoms with Crippen LogP contribution in [-0.2, 0) is 13.1 Å². The Morgan fingerprint density at radius 3 is 2.41 bits per heavy atom. The average Bonchev–Trinajstić information content (AvgIpc) is 2.77. The van der Waals surface area contributed by atoms with E-state index in [0.717, 1.165) is 15.7 Å². The Labute approximate surface area is 189 Å². The van der Waals surface area contributed by atoms with E-state index in [1.807, 2.05) is 0 Å². The summed E-state index contributed by atoms with van der Waals surface area (Å²) in [6, 6.07) is 0.0820. The second-order valence-corrected chi connectivity index (χ2v) is 8.31. The summed E-state index contributed by atoms with van der Waals surface area (Å²) in [5.41, 5.74) is -2.97. The summed E-state index contributed by atoms with van der Waals surface area (Å²) < 4.78 is 70.5. The number of carbonyl (C=O) groups excluding carboxylic acids is 2. The van der Waals surface area contributed by atoms with Crippen LogP contribution in [0.5, 0.6) is 5.75 Å². The highest BCUT2D eigenvalue weighted by Crippen LogP contribution is 2.36. The van der Waals surface area contributed by atoms with Crippen molar-refractivity contribution in [1.82, 2.24) is 14.8 Å². The predicted molar refractivity (Wildman–Crippen MR) is 108 cm³/mol. The van der Waals surface area contributed by atoms with Crippen molar-refractivity contribution in [3.8, 4) is 5.75 Å². The van der Waals surface area contributed by atoms with Crippen LogP contribution in [-0.4, -0.2) is 51.3 Å². The number of rotatable bonds is 4. The molecule has 4 rings (SSSR count). The Kier molecular flexibility index (Phi) is 6.09. The Bertz CT molecular complexity index is 1210. The standard InChI is InChI=1S/C22H20F5N3O4/c1-2-10-16-8-29-6-12(21(33)28-5-11-13(24)3-9(23)4-14(11)25)19(31)20(32)18(29)22(34)30(16)7-15(26)17(10)27/h3-4,6,10,15-17,32H,2,5,7-8H2,1H3,(H,28,33)/t10-,15?,16+,17?/m1/s1. The van der Waals surface area contributed by atoms with Crippen molar-refractivity contribution in [3.63, 3.8) is 0 Å². The van der Waals surface area contributed by atoms with Gasteiger partial charge in [0.1, 0.15) is 35.4 Å². The predicted octanol–water partition coefficient (Wildman–Crippen LogP) is 2.44. The normalized spacial score (nSPS) is 23.9. The van der Waals surface area contributed by atoms with Crippen LogP contribution in [0.25, 0.3) is 0 Å². The molecule has 2 aliphatic rings. The van der Waals surface area contributed by atoms with Crippen LogP contribution in [0, 0.1) is 23.4 Å². The molecule has 2 aliphatic heterocycles. The highest BCUT2D eigenvalue weighted by molar-refractivity contribution is 5.99.